The van der Waals surface area contributed by atoms with Gasteiger partial charge in [0.1, 0.15) is 5.82 Å². The van der Waals surface area contributed by atoms with Gasteiger partial charge in [0.2, 0.25) is 0 Å². The summed E-state index contributed by atoms with van der Waals surface area (Å²) in [4.78, 5) is 0. The molecule has 0 aliphatic heterocycles. The maximum atomic E-state index is 13.4. The van der Waals surface area contributed by atoms with Crippen molar-refractivity contribution in [3.05, 3.63) is 35.1 Å². The average Bonchev–Trinajstić information content (AvgIpc) is 2.18. The summed E-state index contributed by atoms with van der Waals surface area (Å²) >= 11 is 0. The van der Waals surface area contributed by atoms with Crippen LogP contribution in [0.4, 0.5) is 4.39 Å². The van der Waals surface area contributed by atoms with Crippen molar-refractivity contribution in [2.24, 2.45) is 0 Å². The zero-order valence-electron chi connectivity index (χ0n) is 8.80. The molecule has 0 saturated carbocycles. The molecule has 0 aliphatic carbocycles. The van der Waals surface area contributed by atoms with Gasteiger partial charge >= 0.3 is 0 Å². The van der Waals surface area contributed by atoms with Crippen LogP contribution < -0.4 is 5.32 Å². The fourth-order valence-electron chi connectivity index (χ4n) is 1.43. The number of rotatable bonds is 4. The molecule has 0 bridgehead atoms. The van der Waals surface area contributed by atoms with Gasteiger partial charge in [-0.3, -0.25) is 0 Å². The van der Waals surface area contributed by atoms with Gasteiger partial charge in [-0.25, -0.2) is 4.39 Å². The Balaban J connectivity index is 2.96. The number of methoxy groups -OCH3 is 1. The Bertz CT molecular complexity index is 301. The van der Waals surface area contributed by atoms with Crippen LogP contribution in [0.1, 0.15) is 17.2 Å². The summed E-state index contributed by atoms with van der Waals surface area (Å²) in [6.07, 6.45) is 0. The summed E-state index contributed by atoms with van der Waals surface area (Å²) in [6.45, 7) is 2.42. The fourth-order valence-corrected chi connectivity index (χ4v) is 1.43. The Morgan fingerprint density at radius 2 is 2.21 bits per heavy atom. The van der Waals surface area contributed by atoms with Gasteiger partial charge in [0.25, 0.3) is 0 Å². The molecule has 0 heterocycles. The Morgan fingerprint density at radius 1 is 1.50 bits per heavy atom. The average molecular weight is 197 g/mol. The molecule has 1 atom stereocenters. The van der Waals surface area contributed by atoms with Crippen molar-refractivity contribution in [1.82, 2.24) is 5.32 Å². The minimum Gasteiger partial charge on any atom is -0.383 e. The number of aryl methyl sites for hydroxylation is 1. The molecule has 1 rings (SSSR count). The highest BCUT2D eigenvalue weighted by Crippen LogP contribution is 2.18. The van der Waals surface area contributed by atoms with E-state index in [1.165, 1.54) is 6.07 Å². The highest BCUT2D eigenvalue weighted by molar-refractivity contribution is 5.26. The lowest BCUT2D eigenvalue weighted by atomic mass is 10.0. The predicted molar refractivity (Wildman–Crippen MR) is 54.8 cm³/mol. The molecule has 2 nitrogen and oxygen atoms in total. The molecule has 3 heteroatoms. The molecular formula is C11H16FNO. The molecule has 0 saturated heterocycles. The molecule has 78 valence electrons. The van der Waals surface area contributed by atoms with Crippen molar-refractivity contribution >= 4 is 0 Å². The summed E-state index contributed by atoms with van der Waals surface area (Å²) in [5.74, 6) is -0.188. The normalized spacial score (nSPS) is 12.9. The van der Waals surface area contributed by atoms with Crippen LogP contribution in [0.2, 0.25) is 0 Å². The van der Waals surface area contributed by atoms with Crippen molar-refractivity contribution in [1.29, 1.82) is 0 Å². The maximum Gasteiger partial charge on any atom is 0.128 e. The van der Waals surface area contributed by atoms with Gasteiger partial charge in [-0.1, -0.05) is 17.7 Å². The van der Waals surface area contributed by atoms with Crippen LogP contribution in [0, 0.1) is 12.7 Å². The van der Waals surface area contributed by atoms with Crippen molar-refractivity contribution in [3.8, 4) is 0 Å². The number of halogens is 1. The van der Waals surface area contributed by atoms with Crippen molar-refractivity contribution in [2.45, 2.75) is 13.0 Å². The van der Waals surface area contributed by atoms with Crippen LogP contribution >= 0.6 is 0 Å². The van der Waals surface area contributed by atoms with Crippen LogP contribution in [0.3, 0.4) is 0 Å². The van der Waals surface area contributed by atoms with Crippen LogP contribution in [-0.2, 0) is 4.74 Å². The number of nitrogens with one attached hydrogen (secondary N) is 1. The Kier molecular flexibility index (Phi) is 4.04. The molecule has 0 radical (unpaired) electrons. The Morgan fingerprint density at radius 3 is 2.79 bits per heavy atom. The van der Waals surface area contributed by atoms with E-state index in [-0.39, 0.29) is 11.9 Å². The van der Waals surface area contributed by atoms with E-state index in [2.05, 4.69) is 5.32 Å². The highest BCUT2D eigenvalue weighted by Gasteiger charge is 2.13. The van der Waals surface area contributed by atoms with E-state index in [1.54, 1.807) is 20.2 Å². The van der Waals surface area contributed by atoms with Crippen LogP contribution in [0.15, 0.2) is 18.2 Å². The maximum absolute atomic E-state index is 13.4. The second kappa shape index (κ2) is 5.08. The van der Waals surface area contributed by atoms with Gasteiger partial charge in [0.05, 0.1) is 12.6 Å². The smallest absolute Gasteiger partial charge is 0.128 e. The molecule has 14 heavy (non-hydrogen) atoms. The monoisotopic (exact) mass is 197 g/mol. The van der Waals surface area contributed by atoms with Crippen LogP contribution in [-0.4, -0.2) is 20.8 Å². The first-order chi connectivity index (χ1) is 6.69. The van der Waals surface area contributed by atoms with E-state index in [0.29, 0.717) is 12.2 Å². The lowest BCUT2D eigenvalue weighted by Gasteiger charge is -2.16. The SMILES string of the molecule is CNC(COC)c1cc(C)ccc1F. The van der Waals surface area contributed by atoms with E-state index < -0.39 is 0 Å². The molecule has 1 aromatic rings. The third-order valence-corrected chi connectivity index (χ3v) is 2.21. The van der Waals surface area contributed by atoms with E-state index in [4.69, 9.17) is 4.74 Å². The Labute approximate surface area is 84.1 Å². The van der Waals surface area contributed by atoms with E-state index in [1.807, 2.05) is 13.0 Å². The summed E-state index contributed by atoms with van der Waals surface area (Å²) in [5, 5.41) is 3.02. The quantitative estimate of drug-likeness (QED) is 0.797. The Hall–Kier alpha value is -0.930. The molecule has 1 unspecified atom stereocenters. The number of hydrogen-bond donors (Lipinski definition) is 1. The molecule has 1 N–H and O–H groups in total. The minimum absolute atomic E-state index is 0.0834. The van der Waals surface area contributed by atoms with Crippen LogP contribution in [0.25, 0.3) is 0 Å². The molecule has 0 fully saturated rings. The molecule has 0 amide bonds. The van der Waals surface area contributed by atoms with Crippen molar-refractivity contribution in [2.75, 3.05) is 20.8 Å². The van der Waals surface area contributed by atoms with Crippen molar-refractivity contribution in [3.63, 3.8) is 0 Å². The fraction of sp³-hybridized carbons (Fsp3) is 0.455. The van der Waals surface area contributed by atoms with Crippen LogP contribution in [0.5, 0.6) is 0 Å². The number of ether oxygens (including phenoxy) is 1. The first-order valence-corrected chi connectivity index (χ1v) is 4.61. The summed E-state index contributed by atoms with van der Waals surface area (Å²) in [5.41, 5.74) is 1.71. The van der Waals surface area contributed by atoms with E-state index >= 15 is 0 Å². The summed E-state index contributed by atoms with van der Waals surface area (Å²) in [6, 6.07) is 5.01. The molecule has 0 aromatic heterocycles. The second-order valence-electron chi connectivity index (χ2n) is 3.32. The zero-order valence-corrected chi connectivity index (χ0v) is 8.80. The van der Waals surface area contributed by atoms with Gasteiger partial charge in [-0.05, 0) is 20.0 Å². The summed E-state index contributed by atoms with van der Waals surface area (Å²) in [7, 11) is 3.41. The topological polar surface area (TPSA) is 21.3 Å². The van der Waals surface area contributed by atoms with Gasteiger partial charge in [-0.15, -0.1) is 0 Å². The number of likely N-dealkylation sites (N-methyl/N-ethyl adjacent to an activating group) is 1. The molecule has 0 aliphatic rings. The molecular weight excluding hydrogens is 181 g/mol. The van der Waals surface area contributed by atoms with Gasteiger partial charge in [0.15, 0.2) is 0 Å². The first kappa shape index (κ1) is 11.1. The lowest BCUT2D eigenvalue weighted by Crippen LogP contribution is -2.22. The standard InChI is InChI=1S/C11H16FNO/c1-8-4-5-10(12)9(6-8)11(13-2)7-14-3/h4-6,11,13H,7H2,1-3H3. The highest BCUT2D eigenvalue weighted by atomic mass is 19.1. The second-order valence-corrected chi connectivity index (χ2v) is 3.32. The van der Waals surface area contributed by atoms with Gasteiger partial charge in [-0.2, -0.15) is 0 Å². The minimum atomic E-state index is -0.188. The third-order valence-electron chi connectivity index (χ3n) is 2.21. The van der Waals surface area contributed by atoms with Crippen molar-refractivity contribution < 1.29 is 9.13 Å². The largest absolute Gasteiger partial charge is 0.383 e. The number of benzene rings is 1. The zero-order chi connectivity index (χ0) is 10.6. The van der Waals surface area contributed by atoms with Gasteiger partial charge < -0.3 is 10.1 Å². The lowest BCUT2D eigenvalue weighted by molar-refractivity contribution is 0.169. The van der Waals surface area contributed by atoms with Gasteiger partial charge in [0, 0.05) is 12.7 Å². The first-order valence-electron chi connectivity index (χ1n) is 4.61. The molecule has 0 spiro atoms. The van der Waals surface area contributed by atoms with E-state index in [0.717, 1.165) is 5.56 Å². The summed E-state index contributed by atoms with van der Waals surface area (Å²) < 4.78 is 18.4. The number of hydrogen-bond acceptors (Lipinski definition) is 2. The van der Waals surface area contributed by atoms with E-state index in [9.17, 15) is 4.39 Å². The third kappa shape index (κ3) is 2.53. The molecule has 1 aromatic carbocycles. The predicted octanol–water partition coefficient (Wildman–Crippen LogP) is 2.04.